The van der Waals surface area contributed by atoms with Crippen molar-refractivity contribution >= 4 is 0 Å². The molecule has 0 radical (unpaired) electrons. The molecule has 0 saturated carbocycles. The van der Waals surface area contributed by atoms with Crippen LogP contribution in [0.2, 0.25) is 0 Å². The summed E-state index contributed by atoms with van der Waals surface area (Å²) in [6.07, 6.45) is 0. The first-order chi connectivity index (χ1) is 15.3. The molecule has 0 spiro atoms. The van der Waals surface area contributed by atoms with Crippen molar-refractivity contribution in [2.45, 2.75) is 6.92 Å². The van der Waals surface area contributed by atoms with Gasteiger partial charge in [0.05, 0.1) is 11.4 Å². The molecule has 2 nitrogen and oxygen atoms in total. The van der Waals surface area contributed by atoms with Crippen LogP contribution < -0.4 is 0 Å². The summed E-state index contributed by atoms with van der Waals surface area (Å²) in [4.78, 5) is 9.91. The van der Waals surface area contributed by atoms with Crippen LogP contribution >= 0.6 is 0 Å². The van der Waals surface area contributed by atoms with Gasteiger partial charge in [0.25, 0.3) is 0 Å². The van der Waals surface area contributed by atoms with Gasteiger partial charge in [-0.1, -0.05) is 103 Å². The van der Waals surface area contributed by atoms with Gasteiger partial charge in [0.1, 0.15) is 0 Å². The predicted molar refractivity (Wildman–Crippen MR) is 129 cm³/mol. The van der Waals surface area contributed by atoms with Crippen LogP contribution in [0.25, 0.3) is 45.0 Å². The Bertz CT molecular complexity index is 1330. The van der Waals surface area contributed by atoms with Gasteiger partial charge in [0, 0.05) is 16.7 Å². The predicted octanol–water partition coefficient (Wildman–Crippen LogP) is 7.45. The summed E-state index contributed by atoms with van der Waals surface area (Å²) in [6.45, 7) is 2.10. The standard InChI is InChI=1S/C29H22N2/c1-21-10-8-16-25(18-21)28-20-27(23-13-6-3-7-14-23)30-29(31-28)26-17-9-15-24(19-26)22-11-4-2-5-12-22/h2-20H,1H3. The molecule has 1 heterocycles. The van der Waals surface area contributed by atoms with Gasteiger partial charge < -0.3 is 0 Å². The first-order valence-electron chi connectivity index (χ1n) is 10.4. The number of aromatic nitrogens is 2. The Labute approximate surface area is 182 Å². The first-order valence-corrected chi connectivity index (χ1v) is 10.4. The van der Waals surface area contributed by atoms with Crippen LogP contribution in [0.1, 0.15) is 5.56 Å². The highest BCUT2D eigenvalue weighted by atomic mass is 14.9. The molecule has 0 aliphatic rings. The second-order valence-electron chi connectivity index (χ2n) is 7.64. The van der Waals surface area contributed by atoms with Crippen LogP contribution in [-0.2, 0) is 0 Å². The molecule has 0 aliphatic heterocycles. The van der Waals surface area contributed by atoms with Gasteiger partial charge in [0.15, 0.2) is 5.82 Å². The average Bonchev–Trinajstić information content (AvgIpc) is 2.85. The van der Waals surface area contributed by atoms with Crippen molar-refractivity contribution in [3.8, 4) is 45.0 Å². The summed E-state index contributed by atoms with van der Waals surface area (Å²) in [5.74, 6) is 0.732. The molecule has 148 valence electrons. The molecule has 31 heavy (non-hydrogen) atoms. The van der Waals surface area contributed by atoms with Gasteiger partial charge in [-0.25, -0.2) is 9.97 Å². The maximum absolute atomic E-state index is 4.96. The zero-order valence-corrected chi connectivity index (χ0v) is 17.4. The molecule has 0 bridgehead atoms. The fourth-order valence-corrected chi connectivity index (χ4v) is 3.75. The minimum absolute atomic E-state index is 0.732. The van der Waals surface area contributed by atoms with E-state index in [1.807, 2.05) is 24.3 Å². The van der Waals surface area contributed by atoms with E-state index < -0.39 is 0 Å². The second kappa shape index (κ2) is 8.37. The zero-order chi connectivity index (χ0) is 21.0. The molecule has 0 N–H and O–H groups in total. The van der Waals surface area contributed by atoms with Crippen LogP contribution in [0, 0.1) is 6.92 Å². The number of nitrogens with zero attached hydrogens (tertiary/aromatic N) is 2. The van der Waals surface area contributed by atoms with E-state index in [0.717, 1.165) is 39.5 Å². The lowest BCUT2D eigenvalue weighted by molar-refractivity contribution is 1.18. The van der Waals surface area contributed by atoms with Gasteiger partial charge in [-0.05, 0) is 36.2 Å². The number of aryl methyl sites for hydroxylation is 1. The van der Waals surface area contributed by atoms with E-state index in [-0.39, 0.29) is 0 Å². The van der Waals surface area contributed by atoms with E-state index in [0.29, 0.717) is 0 Å². The van der Waals surface area contributed by atoms with E-state index in [1.165, 1.54) is 11.1 Å². The third-order valence-corrected chi connectivity index (χ3v) is 5.34. The van der Waals surface area contributed by atoms with Crippen LogP contribution in [0.3, 0.4) is 0 Å². The van der Waals surface area contributed by atoms with Crippen LogP contribution in [0.5, 0.6) is 0 Å². The average molecular weight is 399 g/mol. The molecule has 0 aliphatic carbocycles. The fraction of sp³-hybridized carbons (Fsp3) is 0.0345. The lowest BCUT2D eigenvalue weighted by Crippen LogP contribution is -1.96. The highest BCUT2D eigenvalue weighted by molar-refractivity contribution is 5.74. The van der Waals surface area contributed by atoms with Gasteiger partial charge in [-0.15, -0.1) is 0 Å². The van der Waals surface area contributed by atoms with Crippen molar-refractivity contribution in [1.29, 1.82) is 0 Å². The van der Waals surface area contributed by atoms with E-state index in [2.05, 4.69) is 97.9 Å². The van der Waals surface area contributed by atoms with Crippen LogP contribution in [0.15, 0.2) is 115 Å². The minimum atomic E-state index is 0.732. The second-order valence-corrected chi connectivity index (χ2v) is 7.64. The summed E-state index contributed by atoms with van der Waals surface area (Å²) in [5, 5.41) is 0. The van der Waals surface area contributed by atoms with Crippen molar-refractivity contribution in [3.63, 3.8) is 0 Å². The van der Waals surface area contributed by atoms with Crippen LogP contribution in [0.4, 0.5) is 0 Å². The van der Waals surface area contributed by atoms with Gasteiger partial charge >= 0.3 is 0 Å². The Morgan fingerprint density at radius 1 is 0.419 bits per heavy atom. The Kier molecular flexibility index (Phi) is 5.12. The number of rotatable bonds is 4. The number of benzene rings is 4. The highest BCUT2D eigenvalue weighted by Gasteiger charge is 2.11. The molecular weight excluding hydrogens is 376 g/mol. The Hall–Kier alpha value is -4.04. The third-order valence-electron chi connectivity index (χ3n) is 5.34. The maximum atomic E-state index is 4.96. The van der Waals surface area contributed by atoms with E-state index in [4.69, 9.17) is 9.97 Å². The van der Waals surface area contributed by atoms with E-state index in [9.17, 15) is 0 Å². The third kappa shape index (κ3) is 4.15. The van der Waals surface area contributed by atoms with Crippen LogP contribution in [-0.4, -0.2) is 9.97 Å². The Morgan fingerprint density at radius 2 is 0.968 bits per heavy atom. The Balaban J connectivity index is 1.67. The molecule has 5 aromatic rings. The van der Waals surface area contributed by atoms with Gasteiger partial charge in [-0.3, -0.25) is 0 Å². The molecule has 0 amide bonds. The maximum Gasteiger partial charge on any atom is 0.160 e. The molecule has 0 saturated heterocycles. The summed E-state index contributed by atoms with van der Waals surface area (Å²) < 4.78 is 0. The smallest absolute Gasteiger partial charge is 0.160 e. The summed E-state index contributed by atoms with van der Waals surface area (Å²) >= 11 is 0. The van der Waals surface area contributed by atoms with Gasteiger partial charge in [0.2, 0.25) is 0 Å². The molecule has 2 heteroatoms. The monoisotopic (exact) mass is 398 g/mol. The first kappa shape index (κ1) is 19.0. The number of hydrogen-bond acceptors (Lipinski definition) is 2. The number of hydrogen-bond donors (Lipinski definition) is 0. The molecule has 0 fully saturated rings. The molecular formula is C29H22N2. The molecule has 0 atom stereocenters. The Morgan fingerprint density at radius 3 is 1.68 bits per heavy atom. The molecule has 1 aromatic heterocycles. The van der Waals surface area contributed by atoms with Crippen molar-refractivity contribution in [2.24, 2.45) is 0 Å². The normalized spacial score (nSPS) is 10.7. The lowest BCUT2D eigenvalue weighted by atomic mass is 10.0. The molecule has 0 unspecified atom stereocenters. The van der Waals surface area contributed by atoms with Crippen molar-refractivity contribution < 1.29 is 0 Å². The summed E-state index contributed by atoms with van der Waals surface area (Å²) in [5.41, 5.74) is 8.59. The highest BCUT2D eigenvalue weighted by Crippen LogP contribution is 2.29. The fourth-order valence-electron chi connectivity index (χ4n) is 3.75. The zero-order valence-electron chi connectivity index (χ0n) is 17.4. The van der Waals surface area contributed by atoms with E-state index in [1.54, 1.807) is 0 Å². The SMILES string of the molecule is Cc1cccc(-c2cc(-c3ccccc3)nc(-c3cccc(-c4ccccc4)c3)n2)c1. The quantitative estimate of drug-likeness (QED) is 0.314. The summed E-state index contributed by atoms with van der Waals surface area (Å²) in [6, 6.07) is 39.7. The van der Waals surface area contributed by atoms with Crippen molar-refractivity contribution in [2.75, 3.05) is 0 Å². The summed E-state index contributed by atoms with van der Waals surface area (Å²) in [7, 11) is 0. The molecule has 5 rings (SSSR count). The largest absolute Gasteiger partial charge is 0.228 e. The van der Waals surface area contributed by atoms with Gasteiger partial charge in [-0.2, -0.15) is 0 Å². The van der Waals surface area contributed by atoms with Crippen molar-refractivity contribution in [1.82, 2.24) is 9.97 Å². The van der Waals surface area contributed by atoms with E-state index >= 15 is 0 Å². The van der Waals surface area contributed by atoms with Crippen molar-refractivity contribution in [3.05, 3.63) is 121 Å². The topological polar surface area (TPSA) is 25.8 Å². The lowest BCUT2D eigenvalue weighted by Gasteiger charge is -2.11. The minimum Gasteiger partial charge on any atom is -0.228 e. The molecule has 4 aromatic carbocycles.